The van der Waals surface area contributed by atoms with E-state index in [2.05, 4.69) is 0 Å². The van der Waals surface area contributed by atoms with E-state index >= 15 is 0 Å². The number of benzene rings is 2. The molecule has 4 heteroatoms. The number of para-hydroxylation sites is 1. The number of hydrogen-bond donors (Lipinski definition) is 1. The molecular weight excluding hydrogens is 254 g/mol. The highest BCUT2D eigenvalue weighted by molar-refractivity contribution is 5.94. The van der Waals surface area contributed by atoms with Crippen LogP contribution in [0.5, 0.6) is 11.5 Å². The second kappa shape index (κ2) is 6.10. The van der Waals surface area contributed by atoms with Gasteiger partial charge < -0.3 is 15.2 Å². The summed E-state index contributed by atoms with van der Waals surface area (Å²) in [6.45, 7) is 4.02. The van der Waals surface area contributed by atoms with Crippen LogP contribution in [0.3, 0.4) is 0 Å². The first-order chi connectivity index (χ1) is 9.61. The quantitative estimate of drug-likeness (QED) is 0.682. The molecule has 104 valence electrons. The smallest absolute Gasteiger partial charge is 0.342 e. The average Bonchev–Trinajstić information content (AvgIpc) is 2.41. The van der Waals surface area contributed by atoms with E-state index in [1.807, 2.05) is 31.2 Å². The number of carbonyl (C=O) groups is 1. The van der Waals surface area contributed by atoms with E-state index in [4.69, 9.17) is 15.2 Å². The molecule has 2 aromatic rings. The molecular formula is C16H17NO3. The van der Waals surface area contributed by atoms with Crippen LogP contribution in [-0.4, -0.2) is 12.6 Å². The maximum atomic E-state index is 11.9. The molecule has 0 bridgehead atoms. The molecule has 0 atom stereocenters. The Morgan fingerprint density at radius 2 is 1.95 bits per heavy atom. The summed E-state index contributed by atoms with van der Waals surface area (Å²) >= 11 is 0. The van der Waals surface area contributed by atoms with Gasteiger partial charge in [0.25, 0.3) is 0 Å². The third kappa shape index (κ3) is 3.09. The molecule has 0 aliphatic rings. The van der Waals surface area contributed by atoms with Crippen molar-refractivity contribution in [2.24, 2.45) is 0 Å². The minimum Gasteiger partial charge on any atom is -0.462 e. The van der Waals surface area contributed by atoms with Gasteiger partial charge in [0.1, 0.15) is 11.3 Å². The number of ether oxygens (including phenoxy) is 2. The lowest BCUT2D eigenvalue weighted by Gasteiger charge is -2.13. The Kier molecular flexibility index (Phi) is 4.25. The monoisotopic (exact) mass is 271 g/mol. The molecule has 0 radical (unpaired) electrons. The van der Waals surface area contributed by atoms with Gasteiger partial charge >= 0.3 is 5.97 Å². The zero-order valence-corrected chi connectivity index (χ0v) is 11.6. The summed E-state index contributed by atoms with van der Waals surface area (Å²) in [7, 11) is 0. The first kappa shape index (κ1) is 13.9. The summed E-state index contributed by atoms with van der Waals surface area (Å²) in [4.78, 5) is 11.9. The Hall–Kier alpha value is -2.49. The van der Waals surface area contributed by atoms with E-state index in [0.717, 1.165) is 5.56 Å². The van der Waals surface area contributed by atoms with E-state index in [1.165, 1.54) is 0 Å². The number of nitrogens with two attached hydrogens (primary N) is 1. The van der Waals surface area contributed by atoms with Gasteiger partial charge in [-0.25, -0.2) is 4.79 Å². The van der Waals surface area contributed by atoms with Gasteiger partial charge in [-0.05, 0) is 43.7 Å². The molecule has 20 heavy (non-hydrogen) atoms. The zero-order valence-electron chi connectivity index (χ0n) is 11.6. The van der Waals surface area contributed by atoms with Gasteiger partial charge in [-0.15, -0.1) is 0 Å². The third-order valence-corrected chi connectivity index (χ3v) is 2.75. The van der Waals surface area contributed by atoms with E-state index in [-0.39, 0.29) is 0 Å². The Labute approximate surface area is 118 Å². The SMILES string of the molecule is CCOC(=O)c1cccc(N)c1Oc1cccc(C)c1. The van der Waals surface area contributed by atoms with Crippen molar-refractivity contribution in [2.45, 2.75) is 13.8 Å². The van der Waals surface area contributed by atoms with Gasteiger partial charge in [0.15, 0.2) is 5.75 Å². The molecule has 0 unspecified atom stereocenters. The summed E-state index contributed by atoms with van der Waals surface area (Å²) < 4.78 is 10.8. The molecule has 2 aromatic carbocycles. The Morgan fingerprint density at radius 1 is 1.20 bits per heavy atom. The van der Waals surface area contributed by atoms with Crippen LogP contribution in [0.15, 0.2) is 42.5 Å². The molecule has 2 N–H and O–H groups in total. The van der Waals surface area contributed by atoms with Crippen molar-refractivity contribution in [3.8, 4) is 11.5 Å². The van der Waals surface area contributed by atoms with Gasteiger partial charge in [0.05, 0.1) is 12.3 Å². The highest BCUT2D eigenvalue weighted by Crippen LogP contribution is 2.32. The summed E-state index contributed by atoms with van der Waals surface area (Å²) in [6.07, 6.45) is 0. The second-order valence-electron chi connectivity index (χ2n) is 4.36. The fourth-order valence-electron chi connectivity index (χ4n) is 1.84. The summed E-state index contributed by atoms with van der Waals surface area (Å²) in [5.74, 6) is 0.521. The van der Waals surface area contributed by atoms with Crippen molar-refractivity contribution in [1.82, 2.24) is 0 Å². The lowest BCUT2D eigenvalue weighted by molar-refractivity contribution is 0.0523. The Balaban J connectivity index is 2.37. The molecule has 4 nitrogen and oxygen atoms in total. The number of nitrogen functional groups attached to an aromatic ring is 1. The molecule has 0 amide bonds. The topological polar surface area (TPSA) is 61.5 Å². The normalized spacial score (nSPS) is 10.1. The van der Waals surface area contributed by atoms with Crippen molar-refractivity contribution >= 4 is 11.7 Å². The molecule has 0 aromatic heterocycles. The largest absolute Gasteiger partial charge is 0.462 e. The number of hydrogen-bond acceptors (Lipinski definition) is 4. The zero-order chi connectivity index (χ0) is 14.5. The van der Waals surface area contributed by atoms with Crippen LogP contribution in [0.4, 0.5) is 5.69 Å². The van der Waals surface area contributed by atoms with Crippen LogP contribution in [0, 0.1) is 6.92 Å². The summed E-state index contributed by atoms with van der Waals surface area (Å²) in [5.41, 5.74) is 7.70. The number of rotatable bonds is 4. The van der Waals surface area contributed by atoms with Crippen molar-refractivity contribution in [3.05, 3.63) is 53.6 Å². The fourth-order valence-corrected chi connectivity index (χ4v) is 1.84. The minimum absolute atomic E-state index is 0.303. The van der Waals surface area contributed by atoms with E-state index in [0.29, 0.717) is 29.4 Å². The highest BCUT2D eigenvalue weighted by atomic mass is 16.5. The standard InChI is InChI=1S/C16H17NO3/c1-3-19-16(18)13-8-5-9-14(17)15(13)20-12-7-4-6-11(2)10-12/h4-10H,3,17H2,1-2H3. The van der Waals surface area contributed by atoms with Crippen molar-refractivity contribution < 1.29 is 14.3 Å². The van der Waals surface area contributed by atoms with Gasteiger partial charge in [-0.1, -0.05) is 18.2 Å². The number of carbonyl (C=O) groups excluding carboxylic acids is 1. The Morgan fingerprint density at radius 3 is 2.65 bits per heavy atom. The van der Waals surface area contributed by atoms with E-state index < -0.39 is 5.97 Å². The first-order valence-corrected chi connectivity index (χ1v) is 6.42. The summed E-state index contributed by atoms with van der Waals surface area (Å²) in [5, 5.41) is 0. The second-order valence-corrected chi connectivity index (χ2v) is 4.36. The molecule has 0 spiro atoms. The summed E-state index contributed by atoms with van der Waals surface area (Å²) in [6, 6.07) is 12.6. The van der Waals surface area contributed by atoms with Gasteiger partial charge in [0.2, 0.25) is 0 Å². The van der Waals surface area contributed by atoms with Crippen LogP contribution in [0.1, 0.15) is 22.8 Å². The Bertz CT molecular complexity index is 623. The van der Waals surface area contributed by atoms with E-state index in [1.54, 1.807) is 25.1 Å². The van der Waals surface area contributed by atoms with Gasteiger partial charge in [-0.3, -0.25) is 0 Å². The third-order valence-electron chi connectivity index (χ3n) is 2.75. The van der Waals surface area contributed by atoms with Crippen molar-refractivity contribution in [2.75, 3.05) is 12.3 Å². The van der Waals surface area contributed by atoms with Crippen LogP contribution < -0.4 is 10.5 Å². The fraction of sp³-hybridized carbons (Fsp3) is 0.188. The van der Waals surface area contributed by atoms with E-state index in [9.17, 15) is 4.79 Å². The predicted molar refractivity (Wildman–Crippen MR) is 78.1 cm³/mol. The lowest BCUT2D eigenvalue weighted by atomic mass is 10.1. The molecule has 0 aliphatic heterocycles. The average molecular weight is 271 g/mol. The molecule has 0 fully saturated rings. The van der Waals surface area contributed by atoms with Crippen LogP contribution in [0.25, 0.3) is 0 Å². The highest BCUT2D eigenvalue weighted by Gasteiger charge is 2.16. The number of anilines is 1. The maximum absolute atomic E-state index is 11.9. The van der Waals surface area contributed by atoms with Crippen LogP contribution >= 0.6 is 0 Å². The van der Waals surface area contributed by atoms with Crippen LogP contribution in [0.2, 0.25) is 0 Å². The van der Waals surface area contributed by atoms with Gasteiger partial charge in [0, 0.05) is 0 Å². The molecule has 0 saturated carbocycles. The molecule has 0 heterocycles. The maximum Gasteiger partial charge on any atom is 0.342 e. The molecule has 0 saturated heterocycles. The minimum atomic E-state index is -0.442. The van der Waals surface area contributed by atoms with Crippen LogP contribution in [-0.2, 0) is 4.74 Å². The van der Waals surface area contributed by atoms with Crippen molar-refractivity contribution in [1.29, 1.82) is 0 Å². The number of esters is 1. The number of aryl methyl sites for hydroxylation is 1. The van der Waals surface area contributed by atoms with Crippen molar-refractivity contribution in [3.63, 3.8) is 0 Å². The molecule has 2 rings (SSSR count). The van der Waals surface area contributed by atoms with Gasteiger partial charge in [-0.2, -0.15) is 0 Å². The molecule has 0 aliphatic carbocycles. The first-order valence-electron chi connectivity index (χ1n) is 6.42. The lowest BCUT2D eigenvalue weighted by Crippen LogP contribution is -2.08. The predicted octanol–water partition coefficient (Wildman–Crippen LogP) is 3.55.